The third-order valence-electron chi connectivity index (χ3n) is 3.49. The molecule has 0 saturated heterocycles. The summed E-state index contributed by atoms with van der Waals surface area (Å²) < 4.78 is 0. The third kappa shape index (κ3) is 2.76. The lowest BCUT2D eigenvalue weighted by atomic mass is 10.1. The Balaban J connectivity index is 1.85. The second-order valence-electron chi connectivity index (χ2n) is 4.88. The Bertz CT molecular complexity index is 802. The van der Waals surface area contributed by atoms with Crippen LogP contribution in [0.5, 0.6) is 0 Å². The average molecular weight is 297 g/mol. The second-order valence-corrected chi connectivity index (χ2v) is 6.13. The van der Waals surface area contributed by atoms with Crippen molar-refractivity contribution >= 4 is 33.8 Å². The standard InChI is InChI=1S/C17H15NO2S/c1-11-13(9-16(21-11)17(19)20)10-18-15-8-4-6-12-5-2-3-7-14(12)15/h2-9,18H,10H2,1H3,(H,19,20). The van der Waals surface area contributed by atoms with Crippen LogP contribution in [0.25, 0.3) is 10.8 Å². The maximum atomic E-state index is 11.0. The molecule has 0 spiro atoms. The Morgan fingerprint density at radius 1 is 1.19 bits per heavy atom. The van der Waals surface area contributed by atoms with E-state index < -0.39 is 5.97 Å². The van der Waals surface area contributed by atoms with Gasteiger partial charge in [0.25, 0.3) is 0 Å². The number of hydrogen-bond donors (Lipinski definition) is 2. The van der Waals surface area contributed by atoms with Gasteiger partial charge >= 0.3 is 5.97 Å². The van der Waals surface area contributed by atoms with Gasteiger partial charge in [0, 0.05) is 22.5 Å². The lowest BCUT2D eigenvalue weighted by molar-refractivity contribution is 0.0702. The minimum absolute atomic E-state index is 0.391. The van der Waals surface area contributed by atoms with Gasteiger partial charge in [-0.1, -0.05) is 36.4 Å². The molecule has 1 aromatic heterocycles. The minimum Gasteiger partial charge on any atom is -0.477 e. The van der Waals surface area contributed by atoms with Crippen LogP contribution in [0.4, 0.5) is 5.69 Å². The Morgan fingerprint density at radius 3 is 2.71 bits per heavy atom. The van der Waals surface area contributed by atoms with E-state index in [1.165, 1.54) is 22.1 Å². The monoisotopic (exact) mass is 297 g/mol. The first-order valence-corrected chi connectivity index (χ1v) is 7.51. The SMILES string of the molecule is Cc1sc(C(=O)O)cc1CNc1cccc2ccccc12. The van der Waals surface area contributed by atoms with Crippen molar-refractivity contribution in [3.05, 3.63) is 63.8 Å². The van der Waals surface area contributed by atoms with Crippen molar-refractivity contribution in [3.8, 4) is 0 Å². The number of carbonyl (C=O) groups is 1. The van der Waals surface area contributed by atoms with Crippen LogP contribution < -0.4 is 5.32 Å². The number of aryl methyl sites for hydroxylation is 1. The summed E-state index contributed by atoms with van der Waals surface area (Å²) in [4.78, 5) is 12.4. The fraction of sp³-hybridized carbons (Fsp3) is 0.118. The molecule has 3 rings (SSSR count). The Morgan fingerprint density at radius 2 is 1.95 bits per heavy atom. The highest BCUT2D eigenvalue weighted by Gasteiger charge is 2.11. The number of carboxylic acid groups (broad SMARTS) is 1. The largest absolute Gasteiger partial charge is 0.477 e. The van der Waals surface area contributed by atoms with Crippen LogP contribution in [-0.2, 0) is 6.54 Å². The quantitative estimate of drug-likeness (QED) is 0.744. The number of anilines is 1. The molecule has 1 heterocycles. The van der Waals surface area contributed by atoms with E-state index in [4.69, 9.17) is 5.11 Å². The molecule has 0 aliphatic carbocycles. The zero-order valence-corrected chi connectivity index (χ0v) is 12.4. The van der Waals surface area contributed by atoms with Crippen LogP contribution in [0.3, 0.4) is 0 Å². The van der Waals surface area contributed by atoms with Crippen LogP contribution in [0, 0.1) is 6.92 Å². The summed E-state index contributed by atoms with van der Waals surface area (Å²) >= 11 is 1.32. The van der Waals surface area contributed by atoms with Gasteiger partial charge < -0.3 is 10.4 Å². The minimum atomic E-state index is -0.862. The van der Waals surface area contributed by atoms with Gasteiger partial charge in [-0.3, -0.25) is 0 Å². The van der Waals surface area contributed by atoms with E-state index in [1.807, 2.05) is 31.2 Å². The first-order chi connectivity index (χ1) is 10.1. The fourth-order valence-electron chi connectivity index (χ4n) is 2.37. The summed E-state index contributed by atoms with van der Waals surface area (Å²) in [5.74, 6) is -0.862. The predicted molar refractivity (Wildman–Crippen MR) is 87.3 cm³/mol. The van der Waals surface area contributed by atoms with Crippen molar-refractivity contribution in [1.29, 1.82) is 0 Å². The zero-order chi connectivity index (χ0) is 14.8. The van der Waals surface area contributed by atoms with Gasteiger partial charge in [0.15, 0.2) is 0 Å². The number of thiophene rings is 1. The van der Waals surface area contributed by atoms with Crippen molar-refractivity contribution in [3.63, 3.8) is 0 Å². The maximum Gasteiger partial charge on any atom is 0.345 e. The lowest BCUT2D eigenvalue weighted by Crippen LogP contribution is -2.00. The molecule has 0 radical (unpaired) electrons. The normalized spacial score (nSPS) is 10.7. The van der Waals surface area contributed by atoms with E-state index in [2.05, 4.69) is 23.5 Å². The van der Waals surface area contributed by atoms with Gasteiger partial charge in [0.05, 0.1) is 0 Å². The summed E-state index contributed by atoms with van der Waals surface area (Å²) in [5.41, 5.74) is 2.10. The van der Waals surface area contributed by atoms with Crippen molar-refractivity contribution in [1.82, 2.24) is 0 Å². The van der Waals surface area contributed by atoms with E-state index in [-0.39, 0.29) is 0 Å². The zero-order valence-electron chi connectivity index (χ0n) is 11.6. The predicted octanol–water partition coefficient (Wildman–Crippen LogP) is 4.52. The van der Waals surface area contributed by atoms with E-state index in [9.17, 15) is 4.79 Å². The van der Waals surface area contributed by atoms with Crippen LogP contribution in [0.2, 0.25) is 0 Å². The highest BCUT2D eigenvalue weighted by molar-refractivity contribution is 7.14. The molecule has 0 fully saturated rings. The van der Waals surface area contributed by atoms with Crippen LogP contribution in [0.15, 0.2) is 48.5 Å². The van der Waals surface area contributed by atoms with Gasteiger partial charge in [-0.15, -0.1) is 11.3 Å². The molecule has 2 N–H and O–H groups in total. The highest BCUT2D eigenvalue weighted by atomic mass is 32.1. The number of fused-ring (bicyclic) bond motifs is 1. The van der Waals surface area contributed by atoms with E-state index in [0.29, 0.717) is 11.4 Å². The fourth-order valence-corrected chi connectivity index (χ4v) is 3.25. The van der Waals surface area contributed by atoms with E-state index >= 15 is 0 Å². The Hall–Kier alpha value is -2.33. The van der Waals surface area contributed by atoms with E-state index in [0.717, 1.165) is 16.1 Å². The first kappa shape index (κ1) is 13.6. The molecule has 0 aliphatic heterocycles. The number of aromatic carboxylic acids is 1. The summed E-state index contributed by atoms with van der Waals surface area (Å²) in [5, 5.41) is 14.8. The molecule has 21 heavy (non-hydrogen) atoms. The topological polar surface area (TPSA) is 49.3 Å². The summed E-state index contributed by atoms with van der Waals surface area (Å²) in [6.07, 6.45) is 0. The molecule has 0 amide bonds. The summed E-state index contributed by atoms with van der Waals surface area (Å²) in [7, 11) is 0. The molecule has 0 bridgehead atoms. The van der Waals surface area contributed by atoms with Gasteiger partial charge in [-0.2, -0.15) is 0 Å². The van der Waals surface area contributed by atoms with Crippen LogP contribution >= 0.6 is 11.3 Å². The van der Waals surface area contributed by atoms with Crippen molar-refractivity contribution in [2.45, 2.75) is 13.5 Å². The molecule has 0 aliphatic rings. The maximum absolute atomic E-state index is 11.0. The van der Waals surface area contributed by atoms with Crippen molar-refractivity contribution in [2.24, 2.45) is 0 Å². The number of benzene rings is 2. The number of hydrogen-bond acceptors (Lipinski definition) is 3. The molecular formula is C17H15NO2S. The van der Waals surface area contributed by atoms with Crippen molar-refractivity contribution < 1.29 is 9.90 Å². The van der Waals surface area contributed by atoms with Gasteiger partial charge in [-0.25, -0.2) is 4.79 Å². The third-order valence-corrected chi connectivity index (χ3v) is 4.57. The smallest absolute Gasteiger partial charge is 0.345 e. The molecule has 2 aromatic carbocycles. The van der Waals surface area contributed by atoms with Crippen molar-refractivity contribution in [2.75, 3.05) is 5.32 Å². The van der Waals surface area contributed by atoms with Crippen LogP contribution in [-0.4, -0.2) is 11.1 Å². The molecule has 0 atom stereocenters. The molecule has 0 unspecified atom stereocenters. The molecular weight excluding hydrogens is 282 g/mol. The second kappa shape index (κ2) is 5.58. The number of carboxylic acids is 1. The van der Waals surface area contributed by atoms with Gasteiger partial charge in [0.1, 0.15) is 4.88 Å². The Labute approximate surface area is 126 Å². The van der Waals surface area contributed by atoms with E-state index in [1.54, 1.807) is 6.07 Å². The highest BCUT2D eigenvalue weighted by Crippen LogP contribution is 2.26. The van der Waals surface area contributed by atoms with Gasteiger partial charge in [-0.05, 0) is 30.0 Å². The summed E-state index contributed by atoms with van der Waals surface area (Å²) in [6.45, 7) is 2.58. The summed E-state index contributed by atoms with van der Waals surface area (Å²) in [6, 6.07) is 16.1. The van der Waals surface area contributed by atoms with Crippen LogP contribution in [0.1, 0.15) is 20.1 Å². The molecule has 106 valence electrons. The molecule has 3 aromatic rings. The average Bonchev–Trinajstić information content (AvgIpc) is 2.86. The van der Waals surface area contributed by atoms with Gasteiger partial charge in [0.2, 0.25) is 0 Å². The molecule has 0 saturated carbocycles. The lowest BCUT2D eigenvalue weighted by Gasteiger charge is -2.09. The number of rotatable bonds is 4. The number of nitrogens with one attached hydrogen (secondary N) is 1. The first-order valence-electron chi connectivity index (χ1n) is 6.69. The molecule has 3 nitrogen and oxygen atoms in total. The Kier molecular flexibility index (Phi) is 3.62. The molecule has 4 heteroatoms.